The molecule has 2 saturated heterocycles. The van der Waals surface area contributed by atoms with E-state index in [1.807, 2.05) is 66.7 Å². The van der Waals surface area contributed by atoms with Gasteiger partial charge in [-0.15, -0.1) is 0 Å². The van der Waals surface area contributed by atoms with E-state index < -0.39 is 70.2 Å². The Hall–Kier alpha value is -17.5. The Labute approximate surface area is 828 Å². The number of hydrazone groups is 4. The van der Waals surface area contributed by atoms with Crippen LogP contribution in [0.4, 0.5) is 151 Å². The Bertz CT molecular complexity index is 6850. The summed E-state index contributed by atoms with van der Waals surface area (Å²) in [4.78, 5) is 61.6. The van der Waals surface area contributed by atoms with Crippen LogP contribution in [0.2, 0.25) is 0 Å². The smallest absolute Gasteiger partial charge is 0.378 e. The first-order valence-corrected chi connectivity index (χ1v) is 44.4. The predicted octanol–water partition coefficient (Wildman–Crippen LogP) is 23.1. The lowest BCUT2D eigenvalue weighted by Gasteiger charge is -2.27. The van der Waals surface area contributed by atoms with Crippen LogP contribution in [0, 0.1) is 30.2 Å². The van der Waals surface area contributed by atoms with E-state index in [1.54, 1.807) is 83.6 Å². The average Bonchev–Trinajstić information content (AvgIpc) is 0.810. The van der Waals surface area contributed by atoms with Crippen LogP contribution in [-0.4, -0.2) is 147 Å². The second-order valence-electron chi connectivity index (χ2n) is 31.1. The minimum atomic E-state index is -4.43. The number of hydrogen-bond donors (Lipinski definition) is 8. The Morgan fingerprint density at radius 2 is 0.678 bits per heavy atom. The van der Waals surface area contributed by atoms with E-state index in [9.17, 15) is 70.2 Å². The quantitative estimate of drug-likeness (QED) is 0.0142. The van der Waals surface area contributed by atoms with Gasteiger partial charge in [0, 0.05) is 82.5 Å². The molecule has 10 aromatic heterocycles. The van der Waals surface area contributed by atoms with Crippen molar-refractivity contribution in [3.05, 3.63) is 359 Å². The lowest BCUT2D eigenvalue weighted by molar-refractivity contribution is -0.138. The molecule has 6 aromatic carbocycles. The second-order valence-corrected chi connectivity index (χ2v) is 31.9. The van der Waals surface area contributed by atoms with Crippen molar-refractivity contribution < 1.29 is 79.7 Å². The van der Waals surface area contributed by atoms with E-state index in [0.717, 1.165) is 95.6 Å². The largest absolute Gasteiger partial charge is 0.416 e. The topological polar surface area (TPSA) is 351 Å². The molecule has 2 fully saturated rings. The van der Waals surface area contributed by atoms with Crippen LogP contribution < -0.4 is 52.8 Å². The third-order valence-electron chi connectivity index (χ3n) is 20.7. The van der Waals surface area contributed by atoms with Gasteiger partial charge in [-0.05, 0) is 161 Å². The summed E-state index contributed by atoms with van der Waals surface area (Å²) in [7, 11) is 0. The molecule has 0 atom stereocenters. The van der Waals surface area contributed by atoms with Crippen molar-refractivity contribution in [2.75, 3.05) is 105 Å². The predicted molar refractivity (Wildman–Crippen MR) is 525 cm³/mol. The van der Waals surface area contributed by atoms with Gasteiger partial charge in [-0.25, -0.2) is 74.2 Å². The van der Waals surface area contributed by atoms with E-state index in [-0.39, 0.29) is 63.9 Å². The maximum atomic E-state index is 14.6. The van der Waals surface area contributed by atoms with Crippen LogP contribution in [0.15, 0.2) is 305 Å². The number of rotatable bonds is 26. The SMILES string of the molecule is Cc1cc(/C=N/Nc2ncc(F)c(N3CCOCC3)n2)ncc1Nc1cccc(C(F)(F)F)c1.Fc1cnc(N/N=C/c2cc(Br)c(Nc3cccc(C(F)(F)F)c3)cn2)nc1N1CCOCC1.Fc1cnc(N/N=C/c2ccc(Nc3cccc(C(F)(F)F)c3)cn2)nc1-c1cccc(-c2ccccc2)n1.Fc1cnc(N/N=C/c2ccc(Nc3cccc(C(F)(F)F)c3)cn2)nc1-c1cncc(-c2ccccc2)c1. The number of alkyl halides is 12. The van der Waals surface area contributed by atoms with E-state index in [1.165, 1.54) is 98.3 Å². The lowest BCUT2D eigenvalue weighted by Crippen LogP contribution is -2.37. The molecule has 2 aliphatic rings. The first-order chi connectivity index (χ1) is 70.3. The van der Waals surface area contributed by atoms with Gasteiger partial charge < -0.3 is 40.5 Å². The molecule has 0 radical (unpaired) electrons. The Morgan fingerprint density at radius 3 is 1.11 bits per heavy atom. The zero-order chi connectivity index (χ0) is 103. The number of nitrogens with one attached hydrogen (secondary N) is 8. The summed E-state index contributed by atoms with van der Waals surface area (Å²) < 4.78 is 223. The van der Waals surface area contributed by atoms with Gasteiger partial charge >= 0.3 is 24.7 Å². The maximum Gasteiger partial charge on any atom is 0.416 e. The molecule has 0 unspecified atom stereocenters. The fourth-order valence-electron chi connectivity index (χ4n) is 13.6. The molecule has 744 valence electrons. The van der Waals surface area contributed by atoms with Crippen LogP contribution in [0.25, 0.3) is 45.0 Å². The van der Waals surface area contributed by atoms with Crippen molar-refractivity contribution in [2.45, 2.75) is 31.6 Å². The highest BCUT2D eigenvalue weighted by atomic mass is 79.9. The molecule has 0 spiro atoms. The Morgan fingerprint density at radius 1 is 0.308 bits per heavy atom. The summed E-state index contributed by atoms with van der Waals surface area (Å²) in [6.45, 7) is 5.86. The van der Waals surface area contributed by atoms with Crippen molar-refractivity contribution in [3.8, 4) is 45.0 Å². The molecule has 47 heteroatoms. The summed E-state index contributed by atoms with van der Waals surface area (Å²) in [5.41, 5.74) is 17.6. The standard InChI is InChI=1S/2C28H19F4N7.C22H21F4N7O.C21H18BrF4N7O/c29-23-17-34-27(38-26(23)25-11-5-10-24(37-25)18-6-2-1-3-7-18)39-35-16-21-12-13-22(15-33-21)36-20-9-4-8-19(14-20)28(30,31)32;29-25-17-35-27(38-26(25)20-11-19(13-33-14-20)18-5-2-1-3-6-18)39-36-16-23-9-10-24(15-34-23)37-22-8-4-7-21(12-22)28(30,31)32;1-14-9-17(27-13-19(14)30-16-4-2-3-15(10-16)22(24,25)26)11-29-32-21-28-12-18(23)20(31-21)33-5-7-34-8-6-33;22-16-9-15(27-12-18(16)30-14-3-1-2-13(8-14)21(24,25)26)10-29-32-20-28-11-17(23)19(31-20)33-4-6-34-7-5-33/h1-17,36H,(H,34,38,39);1-17,37H,(H,35,38,39);2-4,9-13,30H,5-8H2,1H3,(H,28,31,32);1-3,8-12,30H,4-7H2,(H,28,31,32)/b35-16+;36-16+;29-11+;29-10+. The van der Waals surface area contributed by atoms with Crippen LogP contribution in [0.3, 0.4) is 0 Å². The molecular weight excluding hydrogens is 2000 g/mol. The number of benzene rings is 6. The Balaban J connectivity index is 0.000000146. The van der Waals surface area contributed by atoms with Gasteiger partial charge in [0.05, 0.1) is 180 Å². The van der Waals surface area contributed by atoms with Crippen molar-refractivity contribution in [2.24, 2.45) is 20.4 Å². The molecule has 0 bridgehead atoms. The number of pyridine rings is 6. The van der Waals surface area contributed by atoms with Crippen LogP contribution in [0.5, 0.6) is 0 Å². The van der Waals surface area contributed by atoms with E-state index in [0.29, 0.717) is 125 Å². The summed E-state index contributed by atoms with van der Waals surface area (Å²) in [6.07, 6.45) is 1.22. The summed E-state index contributed by atoms with van der Waals surface area (Å²) in [5, 5.41) is 27.8. The molecule has 2 aliphatic heterocycles. The van der Waals surface area contributed by atoms with Crippen molar-refractivity contribution in [1.82, 2.24) is 69.8 Å². The fraction of sp³-hybridized carbons (Fsp3) is 0.131. The van der Waals surface area contributed by atoms with Crippen LogP contribution in [-0.2, 0) is 34.2 Å². The number of nitrogens with zero attached hydrogens (tertiary/aromatic N) is 20. The fourth-order valence-corrected chi connectivity index (χ4v) is 14.0. The third kappa shape index (κ3) is 29.4. The molecule has 146 heavy (non-hydrogen) atoms. The molecule has 18 rings (SSSR count). The monoisotopic (exact) mass is 2070 g/mol. The summed E-state index contributed by atoms with van der Waals surface area (Å²) in [5.74, 6) is -1.61. The van der Waals surface area contributed by atoms with Gasteiger partial charge in [-0.3, -0.25) is 24.9 Å². The van der Waals surface area contributed by atoms with Crippen molar-refractivity contribution in [3.63, 3.8) is 0 Å². The Kier molecular flexibility index (Phi) is 33.7. The number of halogens is 17. The summed E-state index contributed by atoms with van der Waals surface area (Å²) >= 11 is 3.37. The molecule has 0 amide bonds. The van der Waals surface area contributed by atoms with Crippen LogP contribution >= 0.6 is 15.9 Å². The molecule has 12 heterocycles. The number of anilines is 14. The minimum Gasteiger partial charge on any atom is -0.378 e. The molecule has 0 saturated carbocycles. The van der Waals surface area contributed by atoms with Crippen molar-refractivity contribution in [1.29, 1.82) is 0 Å². The molecule has 8 N–H and O–H groups in total. The maximum absolute atomic E-state index is 14.6. The number of hydrogen-bond acceptors (Lipinski definition) is 30. The number of ether oxygens (including phenoxy) is 2. The highest BCUT2D eigenvalue weighted by molar-refractivity contribution is 9.10. The number of morpholine rings is 2. The minimum absolute atomic E-state index is 0.0172. The molecule has 0 aliphatic carbocycles. The third-order valence-corrected chi connectivity index (χ3v) is 21.3. The van der Waals surface area contributed by atoms with Gasteiger partial charge in [-0.1, -0.05) is 91.0 Å². The first kappa shape index (κ1) is 103. The zero-order valence-corrected chi connectivity index (χ0v) is 77.3. The first-order valence-electron chi connectivity index (χ1n) is 43.6. The van der Waals surface area contributed by atoms with Gasteiger partial charge in [0.15, 0.2) is 34.9 Å². The van der Waals surface area contributed by atoms with E-state index in [2.05, 4.69) is 149 Å². The van der Waals surface area contributed by atoms with E-state index in [4.69, 9.17) is 9.47 Å². The highest BCUT2D eigenvalue weighted by Crippen LogP contribution is 2.38. The summed E-state index contributed by atoms with van der Waals surface area (Å²) in [6, 6.07) is 55.5. The van der Waals surface area contributed by atoms with Crippen LogP contribution in [0.1, 0.15) is 50.6 Å². The molecule has 30 nitrogen and oxygen atoms in total. The van der Waals surface area contributed by atoms with Gasteiger partial charge in [0.2, 0.25) is 23.8 Å². The lowest BCUT2D eigenvalue weighted by atomic mass is 10.0. The van der Waals surface area contributed by atoms with Crippen molar-refractivity contribution >= 4 is 122 Å². The van der Waals surface area contributed by atoms with Gasteiger partial charge in [0.25, 0.3) is 0 Å². The average molecular weight is 2070 g/mol. The molecule has 16 aromatic rings. The number of aromatic nitrogens is 14. The second kappa shape index (κ2) is 47.8. The highest BCUT2D eigenvalue weighted by Gasteiger charge is 2.34. The normalized spacial score (nSPS) is 12.9. The number of aryl methyl sites for hydroxylation is 1. The van der Waals surface area contributed by atoms with E-state index >= 15 is 0 Å². The van der Waals surface area contributed by atoms with Gasteiger partial charge in [-0.2, -0.15) is 83.1 Å². The molecular formula is C99H77BrF16N28O2. The zero-order valence-electron chi connectivity index (χ0n) is 75.7. The van der Waals surface area contributed by atoms with Gasteiger partial charge in [0.1, 0.15) is 11.4 Å².